The van der Waals surface area contributed by atoms with Gasteiger partial charge in [0.2, 0.25) is 0 Å². The fourth-order valence-corrected chi connectivity index (χ4v) is 3.94. The zero-order valence-electron chi connectivity index (χ0n) is 13.5. The first-order valence-corrected chi connectivity index (χ1v) is 9.41. The number of nitrogens with zero attached hydrogens (tertiary/aromatic N) is 1. The van der Waals surface area contributed by atoms with Crippen LogP contribution in [-0.4, -0.2) is 20.7 Å². The number of anilines is 1. The van der Waals surface area contributed by atoms with Crippen molar-refractivity contribution >= 4 is 27.3 Å². The Labute approximate surface area is 154 Å². The predicted molar refractivity (Wildman–Crippen MR) is 95.1 cm³/mol. The minimum atomic E-state index is -3.89. The van der Waals surface area contributed by atoms with Crippen LogP contribution in [0.4, 0.5) is 5.69 Å². The molecule has 0 spiro atoms. The highest BCUT2D eigenvalue weighted by Crippen LogP contribution is 2.39. The van der Waals surface area contributed by atoms with Gasteiger partial charge in [0.05, 0.1) is 35.0 Å². The Bertz CT molecular complexity index is 1090. The molecule has 1 aliphatic heterocycles. The number of hydrogen-bond donors (Lipinski definition) is 1. The van der Waals surface area contributed by atoms with Crippen molar-refractivity contribution < 1.29 is 22.4 Å². The number of ether oxygens (including phenoxy) is 2. The van der Waals surface area contributed by atoms with E-state index < -0.39 is 10.0 Å². The van der Waals surface area contributed by atoms with Crippen LogP contribution in [0.5, 0.6) is 11.5 Å². The van der Waals surface area contributed by atoms with Gasteiger partial charge in [-0.05, 0) is 36.4 Å². The Kier molecular flexibility index (Phi) is 4.01. The second kappa shape index (κ2) is 6.22. The quantitative estimate of drug-likeness (QED) is 0.728. The molecule has 4 rings (SSSR count). The van der Waals surface area contributed by atoms with Crippen LogP contribution in [0.3, 0.4) is 0 Å². The van der Waals surface area contributed by atoms with E-state index in [0.29, 0.717) is 34.5 Å². The maximum absolute atomic E-state index is 12.8. The molecule has 0 saturated carbocycles. The van der Waals surface area contributed by atoms with Crippen molar-refractivity contribution in [2.45, 2.75) is 11.5 Å². The summed E-state index contributed by atoms with van der Waals surface area (Å²) >= 11 is 5.96. The zero-order valence-corrected chi connectivity index (χ0v) is 15.1. The maximum Gasteiger partial charge on any atom is 0.262 e. The lowest BCUT2D eigenvalue weighted by molar-refractivity contribution is 0.297. The van der Waals surface area contributed by atoms with Crippen LogP contribution in [0.1, 0.15) is 5.56 Å². The third-order valence-corrected chi connectivity index (χ3v) is 5.54. The molecular formula is C17H13ClN2O5S. The highest BCUT2D eigenvalue weighted by Gasteiger charge is 2.25. The van der Waals surface area contributed by atoms with Crippen LogP contribution in [0.15, 0.2) is 52.0 Å². The Balaban J connectivity index is 1.74. The van der Waals surface area contributed by atoms with Crippen LogP contribution in [0.25, 0.3) is 11.3 Å². The first-order chi connectivity index (χ1) is 12.5. The van der Waals surface area contributed by atoms with Crippen molar-refractivity contribution in [3.8, 4) is 22.8 Å². The second-order valence-electron chi connectivity index (χ2n) is 5.58. The standard InChI is InChI=1S/C17H13ClN2O5S/c1-23-16-4-2-11(18)6-14(16)20-26(21,22)12-3-5-15-13(7-12)17-10(9-24-15)8-19-25-17/h2-8,20H,9H2,1H3. The lowest BCUT2D eigenvalue weighted by atomic mass is 10.1. The fraction of sp³-hybridized carbons (Fsp3) is 0.118. The van der Waals surface area contributed by atoms with Crippen molar-refractivity contribution in [3.05, 3.63) is 53.2 Å². The smallest absolute Gasteiger partial charge is 0.262 e. The van der Waals surface area contributed by atoms with Gasteiger partial charge in [0.1, 0.15) is 18.1 Å². The van der Waals surface area contributed by atoms with Crippen LogP contribution in [0, 0.1) is 0 Å². The number of sulfonamides is 1. The Hall–Kier alpha value is -2.71. The van der Waals surface area contributed by atoms with E-state index in [9.17, 15) is 8.42 Å². The van der Waals surface area contributed by atoms with Gasteiger partial charge in [0.15, 0.2) is 5.76 Å². The summed E-state index contributed by atoms with van der Waals surface area (Å²) in [5.74, 6) is 1.40. The largest absolute Gasteiger partial charge is 0.495 e. The van der Waals surface area contributed by atoms with Crippen molar-refractivity contribution in [2.75, 3.05) is 11.8 Å². The van der Waals surface area contributed by atoms with Crippen molar-refractivity contribution in [2.24, 2.45) is 0 Å². The molecule has 1 aliphatic rings. The molecule has 0 unspecified atom stereocenters. The lowest BCUT2D eigenvalue weighted by Crippen LogP contribution is -2.14. The molecule has 1 aromatic heterocycles. The first-order valence-electron chi connectivity index (χ1n) is 7.55. The first kappa shape index (κ1) is 16.7. The van der Waals surface area contributed by atoms with Gasteiger partial charge in [-0.2, -0.15) is 0 Å². The van der Waals surface area contributed by atoms with Crippen LogP contribution in [0.2, 0.25) is 5.02 Å². The summed E-state index contributed by atoms with van der Waals surface area (Å²) < 4.78 is 44.1. The molecule has 0 aliphatic carbocycles. The highest BCUT2D eigenvalue weighted by atomic mass is 35.5. The molecule has 7 nitrogen and oxygen atoms in total. The molecule has 26 heavy (non-hydrogen) atoms. The number of fused-ring (bicyclic) bond motifs is 3. The van der Waals surface area contributed by atoms with Gasteiger partial charge in [-0.3, -0.25) is 4.72 Å². The summed E-state index contributed by atoms with van der Waals surface area (Å²) in [7, 11) is -2.44. The van der Waals surface area contributed by atoms with Crippen molar-refractivity contribution in [1.29, 1.82) is 0 Å². The molecule has 3 aromatic rings. The molecule has 0 atom stereocenters. The van der Waals surface area contributed by atoms with Crippen molar-refractivity contribution in [1.82, 2.24) is 5.16 Å². The summed E-state index contributed by atoms with van der Waals surface area (Å²) in [6.07, 6.45) is 1.55. The Morgan fingerprint density at radius 2 is 2.08 bits per heavy atom. The summed E-state index contributed by atoms with van der Waals surface area (Å²) in [6.45, 7) is 0.329. The highest BCUT2D eigenvalue weighted by molar-refractivity contribution is 7.92. The number of rotatable bonds is 4. The summed E-state index contributed by atoms with van der Waals surface area (Å²) in [4.78, 5) is 0.0473. The van der Waals surface area contributed by atoms with Crippen LogP contribution < -0.4 is 14.2 Å². The van der Waals surface area contributed by atoms with Gasteiger partial charge < -0.3 is 14.0 Å². The molecule has 0 amide bonds. The van der Waals surface area contributed by atoms with E-state index in [0.717, 1.165) is 5.56 Å². The molecule has 134 valence electrons. The van der Waals surface area contributed by atoms with E-state index in [1.807, 2.05) is 0 Å². The Morgan fingerprint density at radius 1 is 1.23 bits per heavy atom. The van der Waals surface area contributed by atoms with E-state index in [1.165, 1.54) is 25.3 Å². The lowest BCUT2D eigenvalue weighted by Gasteiger charge is -2.17. The van der Waals surface area contributed by atoms with Gasteiger partial charge in [0.25, 0.3) is 10.0 Å². The summed E-state index contributed by atoms with van der Waals surface area (Å²) in [5.41, 5.74) is 1.54. The molecule has 9 heteroatoms. The molecule has 2 heterocycles. The molecule has 0 saturated heterocycles. The maximum atomic E-state index is 12.8. The van der Waals surface area contributed by atoms with Gasteiger partial charge in [0, 0.05) is 5.02 Å². The second-order valence-corrected chi connectivity index (χ2v) is 7.70. The van der Waals surface area contributed by atoms with E-state index in [2.05, 4.69) is 9.88 Å². The minimum Gasteiger partial charge on any atom is -0.495 e. The average Bonchev–Trinajstić information content (AvgIpc) is 3.10. The number of halogens is 1. The molecule has 1 N–H and O–H groups in total. The molecule has 0 fully saturated rings. The van der Waals surface area contributed by atoms with Gasteiger partial charge >= 0.3 is 0 Å². The molecule has 0 radical (unpaired) electrons. The summed E-state index contributed by atoms with van der Waals surface area (Å²) in [6, 6.07) is 9.21. The minimum absolute atomic E-state index is 0.0473. The third kappa shape index (κ3) is 2.87. The van der Waals surface area contributed by atoms with Gasteiger partial charge in [-0.15, -0.1) is 0 Å². The van der Waals surface area contributed by atoms with Gasteiger partial charge in [-0.25, -0.2) is 8.42 Å². The zero-order chi connectivity index (χ0) is 18.3. The fourth-order valence-electron chi connectivity index (χ4n) is 2.68. The third-order valence-electron chi connectivity index (χ3n) is 3.94. The normalized spacial score (nSPS) is 12.7. The van der Waals surface area contributed by atoms with E-state index in [4.69, 9.17) is 25.6 Å². The number of aromatic nitrogens is 1. The number of methoxy groups -OCH3 is 1. The van der Waals surface area contributed by atoms with E-state index >= 15 is 0 Å². The number of benzene rings is 2. The average molecular weight is 393 g/mol. The number of hydrogen-bond acceptors (Lipinski definition) is 6. The number of nitrogens with one attached hydrogen (secondary N) is 1. The monoisotopic (exact) mass is 392 g/mol. The Morgan fingerprint density at radius 3 is 2.88 bits per heavy atom. The van der Waals surface area contributed by atoms with Gasteiger partial charge in [-0.1, -0.05) is 16.8 Å². The van der Waals surface area contributed by atoms with E-state index in [-0.39, 0.29) is 10.6 Å². The van der Waals surface area contributed by atoms with Crippen LogP contribution in [-0.2, 0) is 16.6 Å². The molecular weight excluding hydrogens is 380 g/mol. The SMILES string of the molecule is COc1ccc(Cl)cc1NS(=O)(=O)c1ccc2c(c1)-c1oncc1CO2. The van der Waals surface area contributed by atoms with Crippen LogP contribution >= 0.6 is 11.6 Å². The topological polar surface area (TPSA) is 90.7 Å². The van der Waals surface area contributed by atoms with E-state index in [1.54, 1.807) is 24.4 Å². The summed E-state index contributed by atoms with van der Waals surface area (Å²) in [5, 5.41) is 4.13. The van der Waals surface area contributed by atoms with Crippen molar-refractivity contribution in [3.63, 3.8) is 0 Å². The molecule has 0 bridgehead atoms. The predicted octanol–water partition coefficient (Wildman–Crippen LogP) is 3.70. The molecule has 2 aromatic carbocycles.